The summed E-state index contributed by atoms with van der Waals surface area (Å²) in [6.45, 7) is 3.81. The molecule has 2 aromatic carbocycles. The van der Waals surface area contributed by atoms with E-state index in [4.69, 9.17) is 21.1 Å². The molecule has 1 amide bonds. The Morgan fingerprint density at radius 3 is 2.37 bits per heavy atom. The van der Waals surface area contributed by atoms with Gasteiger partial charge in [-0.25, -0.2) is 9.59 Å². The summed E-state index contributed by atoms with van der Waals surface area (Å²) in [7, 11) is 3.09. The summed E-state index contributed by atoms with van der Waals surface area (Å²) in [5.74, 6) is -2.02. The number of carbonyl (C=O) groups is 3. The highest BCUT2D eigenvalue weighted by atomic mass is 35.5. The van der Waals surface area contributed by atoms with E-state index in [-0.39, 0.29) is 16.8 Å². The van der Waals surface area contributed by atoms with Gasteiger partial charge in [0.05, 0.1) is 7.11 Å². The number of halogens is 1. The van der Waals surface area contributed by atoms with Crippen molar-refractivity contribution in [2.75, 3.05) is 19.1 Å². The van der Waals surface area contributed by atoms with Crippen LogP contribution in [-0.2, 0) is 19.1 Å². The number of nitrogens with zero attached hydrogens (tertiary/aromatic N) is 2. The monoisotopic (exact) mass is 500 g/mol. The van der Waals surface area contributed by atoms with Crippen LogP contribution in [0.2, 0.25) is 5.02 Å². The van der Waals surface area contributed by atoms with Crippen molar-refractivity contribution in [1.82, 2.24) is 4.90 Å². The van der Waals surface area contributed by atoms with Crippen LogP contribution in [0.1, 0.15) is 44.8 Å². The van der Waals surface area contributed by atoms with Crippen LogP contribution >= 0.6 is 11.6 Å². The average molecular weight is 501 g/mol. The molecule has 8 nitrogen and oxygen atoms in total. The van der Waals surface area contributed by atoms with Crippen molar-refractivity contribution < 1.29 is 29.0 Å². The molecule has 9 heteroatoms. The van der Waals surface area contributed by atoms with Crippen LogP contribution in [0, 0.1) is 0 Å². The molecule has 0 spiro atoms. The Hall–Kier alpha value is -3.52. The highest BCUT2D eigenvalue weighted by Crippen LogP contribution is 2.34. The number of aliphatic carboxylic acids is 1. The second-order valence-corrected chi connectivity index (χ2v) is 8.62. The van der Waals surface area contributed by atoms with Gasteiger partial charge >= 0.3 is 11.9 Å². The first-order chi connectivity index (χ1) is 16.7. The maximum absolute atomic E-state index is 13.4. The van der Waals surface area contributed by atoms with Crippen molar-refractivity contribution in [3.8, 4) is 5.75 Å². The molecule has 1 aliphatic heterocycles. The molecule has 2 aromatic rings. The predicted molar refractivity (Wildman–Crippen MR) is 132 cm³/mol. The Morgan fingerprint density at radius 1 is 1.14 bits per heavy atom. The summed E-state index contributed by atoms with van der Waals surface area (Å²) in [4.78, 5) is 41.2. The van der Waals surface area contributed by atoms with Gasteiger partial charge in [0.1, 0.15) is 17.5 Å². The van der Waals surface area contributed by atoms with Gasteiger partial charge in [-0.05, 0) is 50.1 Å². The second kappa shape index (κ2) is 11.3. The zero-order chi connectivity index (χ0) is 25.7. The van der Waals surface area contributed by atoms with Gasteiger partial charge in [0.25, 0.3) is 5.91 Å². The first-order valence-corrected chi connectivity index (χ1v) is 11.7. The van der Waals surface area contributed by atoms with Crippen LogP contribution in [0.25, 0.3) is 0 Å². The minimum atomic E-state index is -1.30. The van der Waals surface area contributed by atoms with Crippen molar-refractivity contribution in [2.24, 2.45) is 0 Å². The molecule has 2 atom stereocenters. The lowest BCUT2D eigenvalue weighted by Crippen LogP contribution is -2.55. The van der Waals surface area contributed by atoms with Gasteiger partial charge in [0.15, 0.2) is 0 Å². The Kier molecular flexibility index (Phi) is 8.40. The number of methoxy groups -OCH3 is 1. The van der Waals surface area contributed by atoms with Crippen LogP contribution < -0.4 is 9.64 Å². The molecule has 0 aliphatic carbocycles. The molecule has 0 bridgehead atoms. The van der Waals surface area contributed by atoms with Crippen LogP contribution in [0.15, 0.2) is 59.8 Å². The first kappa shape index (κ1) is 26.1. The molecule has 186 valence electrons. The van der Waals surface area contributed by atoms with Crippen molar-refractivity contribution in [2.45, 2.75) is 45.4 Å². The Labute approximate surface area is 209 Å². The number of ether oxygens (including phenoxy) is 2. The maximum atomic E-state index is 13.4. The smallest absolute Gasteiger partial charge is 0.349 e. The van der Waals surface area contributed by atoms with Gasteiger partial charge in [-0.15, -0.1) is 0 Å². The fourth-order valence-corrected chi connectivity index (χ4v) is 4.31. The van der Waals surface area contributed by atoms with Crippen molar-refractivity contribution in [3.05, 3.63) is 70.4 Å². The molecule has 0 saturated heterocycles. The summed E-state index contributed by atoms with van der Waals surface area (Å²) < 4.78 is 10.6. The molecule has 0 fully saturated rings. The predicted octanol–water partition coefficient (Wildman–Crippen LogP) is 4.79. The number of carboxylic acids is 1. The largest absolute Gasteiger partial charge is 0.478 e. The number of hydrogen-bond acceptors (Lipinski definition) is 6. The number of benzene rings is 2. The number of esters is 1. The number of allylic oxidation sites excluding steroid dienone is 1. The molecule has 35 heavy (non-hydrogen) atoms. The molecule has 3 rings (SSSR count). The van der Waals surface area contributed by atoms with E-state index < -0.39 is 23.9 Å². The Bertz CT molecular complexity index is 1130. The number of anilines is 1. The van der Waals surface area contributed by atoms with Crippen LogP contribution in [0.3, 0.4) is 0 Å². The molecule has 1 N–H and O–H groups in total. The lowest BCUT2D eigenvalue weighted by molar-refractivity contribution is -0.145. The van der Waals surface area contributed by atoms with Crippen LogP contribution in [0.4, 0.5) is 5.69 Å². The third-order valence-corrected chi connectivity index (χ3v) is 6.40. The van der Waals surface area contributed by atoms with Gasteiger partial charge in [-0.1, -0.05) is 43.1 Å². The Morgan fingerprint density at radius 2 is 1.80 bits per heavy atom. The number of amides is 1. The lowest BCUT2D eigenvalue weighted by atomic mass is 10.0. The van der Waals surface area contributed by atoms with Gasteiger partial charge < -0.3 is 19.5 Å². The van der Waals surface area contributed by atoms with Crippen LogP contribution in [-0.4, -0.2) is 48.2 Å². The van der Waals surface area contributed by atoms with Crippen molar-refractivity contribution >= 4 is 35.1 Å². The van der Waals surface area contributed by atoms with E-state index in [9.17, 15) is 19.5 Å². The molecule has 1 heterocycles. The number of hydrogen-bond donors (Lipinski definition) is 1. The molecular formula is C26H29ClN2O6. The fraction of sp³-hybridized carbons (Fsp3) is 0.346. The molecule has 1 aliphatic rings. The van der Waals surface area contributed by atoms with E-state index in [1.165, 1.54) is 7.11 Å². The standard InChI is InChI=1S/C26H29ClN2O6/c1-5-6-11-21-28(3)16(2)22(26(33)34-4)24(30)29(21)17-12-14-18(15-13-17)35-23(25(31)32)19-9-7-8-10-20(19)27/h7-10,12-15,21,23H,5-6,11H2,1-4H3,(H,31,32). The maximum Gasteiger partial charge on any atom is 0.349 e. The summed E-state index contributed by atoms with van der Waals surface area (Å²) >= 11 is 6.17. The van der Waals surface area contributed by atoms with Crippen molar-refractivity contribution in [3.63, 3.8) is 0 Å². The SMILES string of the molecule is CCCCC1N(C)C(C)=C(C(=O)OC)C(=O)N1c1ccc(OC(C(=O)O)c2ccccc2Cl)cc1. The summed E-state index contributed by atoms with van der Waals surface area (Å²) in [6, 6.07) is 13.1. The topological polar surface area (TPSA) is 96.4 Å². The molecule has 0 radical (unpaired) electrons. The van der Waals surface area contributed by atoms with Crippen LogP contribution in [0.5, 0.6) is 5.75 Å². The quantitative estimate of drug-likeness (QED) is 0.390. The van der Waals surface area contributed by atoms with E-state index in [1.807, 2.05) is 11.9 Å². The zero-order valence-electron chi connectivity index (χ0n) is 20.2. The van der Waals surface area contributed by atoms with Gasteiger partial charge in [0.2, 0.25) is 6.10 Å². The minimum absolute atomic E-state index is 0.0206. The van der Waals surface area contributed by atoms with Crippen molar-refractivity contribution in [1.29, 1.82) is 0 Å². The number of carboxylic acid groups (broad SMARTS) is 1. The van der Waals surface area contributed by atoms with E-state index >= 15 is 0 Å². The zero-order valence-corrected chi connectivity index (χ0v) is 20.9. The van der Waals surface area contributed by atoms with Gasteiger partial charge in [-0.3, -0.25) is 9.69 Å². The third kappa shape index (κ3) is 5.43. The molecule has 0 saturated carbocycles. The first-order valence-electron chi connectivity index (χ1n) is 11.3. The van der Waals surface area contributed by atoms with E-state index in [2.05, 4.69) is 6.92 Å². The third-order valence-electron chi connectivity index (χ3n) is 6.05. The fourth-order valence-electron chi connectivity index (χ4n) is 4.08. The summed E-state index contributed by atoms with van der Waals surface area (Å²) in [6.07, 6.45) is 0.948. The normalized spacial score (nSPS) is 16.8. The Balaban J connectivity index is 1.94. The van der Waals surface area contributed by atoms with E-state index in [0.717, 1.165) is 12.8 Å². The minimum Gasteiger partial charge on any atom is -0.478 e. The lowest BCUT2D eigenvalue weighted by Gasteiger charge is -2.44. The second-order valence-electron chi connectivity index (χ2n) is 8.21. The number of unbranched alkanes of at least 4 members (excludes halogenated alkanes) is 1. The molecular weight excluding hydrogens is 472 g/mol. The summed E-state index contributed by atoms with van der Waals surface area (Å²) in [5.41, 5.74) is 1.42. The summed E-state index contributed by atoms with van der Waals surface area (Å²) in [5, 5.41) is 9.98. The highest BCUT2D eigenvalue weighted by Gasteiger charge is 2.40. The van der Waals surface area contributed by atoms with Gasteiger partial charge in [0, 0.05) is 29.0 Å². The average Bonchev–Trinajstić information content (AvgIpc) is 2.84. The number of rotatable bonds is 9. The molecule has 2 unspecified atom stereocenters. The molecule has 0 aromatic heterocycles. The van der Waals surface area contributed by atoms with Gasteiger partial charge in [-0.2, -0.15) is 0 Å². The number of carbonyl (C=O) groups excluding carboxylic acids is 2. The van der Waals surface area contributed by atoms with E-state index in [0.29, 0.717) is 29.1 Å². The van der Waals surface area contributed by atoms with E-state index in [1.54, 1.807) is 60.4 Å². The highest BCUT2D eigenvalue weighted by molar-refractivity contribution is 6.31.